The monoisotopic (exact) mass is 388 g/mol. The molecule has 0 N–H and O–H groups in total. The second-order valence-electron chi connectivity index (χ2n) is 7.19. The minimum Gasteiger partial charge on any atom is -0.333 e. The molecule has 5 heteroatoms. The zero-order valence-corrected chi connectivity index (χ0v) is 16.1. The fraction of sp³-hybridized carbons (Fsp3) is 0.381. The van der Waals surface area contributed by atoms with Crippen LogP contribution in [-0.2, 0) is 6.42 Å². The lowest BCUT2D eigenvalue weighted by Gasteiger charge is -2.42. The Morgan fingerprint density at radius 1 is 1.04 bits per heavy atom. The summed E-state index contributed by atoms with van der Waals surface area (Å²) >= 11 is 12.4. The third-order valence-electron chi connectivity index (χ3n) is 5.31. The van der Waals surface area contributed by atoms with Crippen molar-refractivity contribution in [3.05, 3.63) is 69.7 Å². The molecule has 0 bridgehead atoms. The van der Waals surface area contributed by atoms with Crippen molar-refractivity contribution in [1.29, 1.82) is 0 Å². The first-order chi connectivity index (χ1) is 12.6. The fourth-order valence-corrected chi connectivity index (χ4v) is 4.17. The van der Waals surface area contributed by atoms with E-state index in [2.05, 4.69) is 29.2 Å². The predicted molar refractivity (Wildman–Crippen MR) is 106 cm³/mol. The van der Waals surface area contributed by atoms with E-state index in [4.69, 9.17) is 23.2 Å². The third kappa shape index (κ3) is 3.90. The van der Waals surface area contributed by atoms with Crippen LogP contribution in [-0.4, -0.2) is 47.4 Å². The molecule has 1 atom stereocenters. The van der Waals surface area contributed by atoms with Crippen molar-refractivity contribution in [2.45, 2.75) is 31.3 Å². The van der Waals surface area contributed by atoms with Crippen LogP contribution in [0.2, 0.25) is 10.0 Å². The summed E-state index contributed by atoms with van der Waals surface area (Å²) in [6.45, 7) is 2.58. The van der Waals surface area contributed by atoms with Crippen molar-refractivity contribution in [3.63, 3.8) is 0 Å². The van der Waals surface area contributed by atoms with Crippen molar-refractivity contribution < 1.29 is 4.79 Å². The Morgan fingerprint density at radius 3 is 2.54 bits per heavy atom. The van der Waals surface area contributed by atoms with Crippen LogP contribution in [0, 0.1) is 0 Å². The van der Waals surface area contributed by atoms with E-state index >= 15 is 0 Å². The standard InChI is InChI=1S/C21H22Cl2N2O/c22-16-6-9-20(23)19(13-16)21(26)25-11-10-24(17-7-8-17)14-18(25)12-15-4-2-1-3-5-15/h1-6,9,13,17-18H,7-8,10-12,14H2. The van der Waals surface area contributed by atoms with Gasteiger partial charge in [-0.05, 0) is 43.0 Å². The molecule has 1 heterocycles. The van der Waals surface area contributed by atoms with Crippen LogP contribution in [0.15, 0.2) is 48.5 Å². The maximum Gasteiger partial charge on any atom is 0.255 e. The summed E-state index contributed by atoms with van der Waals surface area (Å²) in [5.74, 6) is -0.0196. The fourth-order valence-electron chi connectivity index (χ4n) is 3.80. The lowest BCUT2D eigenvalue weighted by Crippen LogP contribution is -2.56. The SMILES string of the molecule is O=C(c1cc(Cl)ccc1Cl)N1CCN(C2CC2)CC1Cc1ccccc1. The first-order valence-electron chi connectivity index (χ1n) is 9.16. The number of nitrogens with zero attached hydrogens (tertiary/aromatic N) is 2. The number of hydrogen-bond donors (Lipinski definition) is 0. The van der Waals surface area contributed by atoms with Crippen LogP contribution in [0.25, 0.3) is 0 Å². The first kappa shape index (κ1) is 17.8. The van der Waals surface area contributed by atoms with E-state index in [0.29, 0.717) is 21.7 Å². The summed E-state index contributed by atoms with van der Waals surface area (Å²) < 4.78 is 0. The number of benzene rings is 2. The Labute approximate surface area is 164 Å². The maximum absolute atomic E-state index is 13.2. The minimum atomic E-state index is -0.0196. The van der Waals surface area contributed by atoms with Crippen molar-refractivity contribution in [1.82, 2.24) is 9.80 Å². The summed E-state index contributed by atoms with van der Waals surface area (Å²) in [5.41, 5.74) is 1.75. The number of amides is 1. The average molecular weight is 389 g/mol. The van der Waals surface area contributed by atoms with E-state index in [9.17, 15) is 4.79 Å². The van der Waals surface area contributed by atoms with Gasteiger partial charge < -0.3 is 4.90 Å². The molecule has 4 rings (SSSR count). The molecular weight excluding hydrogens is 367 g/mol. The predicted octanol–water partition coefficient (Wildman–Crippen LogP) is 4.52. The number of halogens is 2. The molecule has 1 unspecified atom stereocenters. The quantitative estimate of drug-likeness (QED) is 0.768. The Kier molecular flexibility index (Phi) is 5.21. The largest absolute Gasteiger partial charge is 0.333 e. The van der Waals surface area contributed by atoms with Crippen molar-refractivity contribution in [2.75, 3.05) is 19.6 Å². The number of carbonyl (C=O) groups is 1. The normalized spacial score (nSPS) is 21.0. The molecule has 1 aliphatic carbocycles. The zero-order valence-electron chi connectivity index (χ0n) is 14.6. The molecule has 1 saturated carbocycles. The van der Waals surface area contributed by atoms with Gasteiger partial charge in [0.2, 0.25) is 0 Å². The smallest absolute Gasteiger partial charge is 0.255 e. The first-order valence-corrected chi connectivity index (χ1v) is 9.91. The van der Waals surface area contributed by atoms with Gasteiger partial charge in [-0.15, -0.1) is 0 Å². The van der Waals surface area contributed by atoms with Gasteiger partial charge in [-0.2, -0.15) is 0 Å². The van der Waals surface area contributed by atoms with Gasteiger partial charge in [-0.25, -0.2) is 0 Å². The molecule has 2 aromatic carbocycles. The molecule has 0 radical (unpaired) electrons. The zero-order chi connectivity index (χ0) is 18.1. The lowest BCUT2D eigenvalue weighted by atomic mass is 10.0. The average Bonchev–Trinajstić information content (AvgIpc) is 3.49. The highest BCUT2D eigenvalue weighted by molar-refractivity contribution is 6.35. The van der Waals surface area contributed by atoms with E-state index < -0.39 is 0 Å². The van der Waals surface area contributed by atoms with Crippen LogP contribution in [0.5, 0.6) is 0 Å². The summed E-state index contributed by atoms with van der Waals surface area (Å²) in [6, 6.07) is 16.3. The molecule has 26 heavy (non-hydrogen) atoms. The molecule has 2 aliphatic rings. The van der Waals surface area contributed by atoms with Crippen LogP contribution >= 0.6 is 23.2 Å². The van der Waals surface area contributed by atoms with Gasteiger partial charge in [0.05, 0.1) is 10.6 Å². The van der Waals surface area contributed by atoms with E-state index in [1.807, 2.05) is 11.0 Å². The second-order valence-corrected chi connectivity index (χ2v) is 8.04. The molecular formula is C21H22Cl2N2O. The van der Waals surface area contributed by atoms with Crippen molar-refractivity contribution >= 4 is 29.1 Å². The molecule has 2 aromatic rings. The Bertz CT molecular complexity index is 792. The van der Waals surface area contributed by atoms with Crippen molar-refractivity contribution in [2.24, 2.45) is 0 Å². The van der Waals surface area contributed by atoms with Gasteiger partial charge >= 0.3 is 0 Å². The molecule has 2 fully saturated rings. The summed E-state index contributed by atoms with van der Waals surface area (Å²) in [7, 11) is 0. The van der Waals surface area contributed by atoms with E-state index in [0.717, 1.165) is 26.1 Å². The maximum atomic E-state index is 13.2. The number of carbonyl (C=O) groups excluding carboxylic acids is 1. The Balaban J connectivity index is 1.59. The van der Waals surface area contributed by atoms with Crippen LogP contribution < -0.4 is 0 Å². The second kappa shape index (κ2) is 7.59. The number of piperazine rings is 1. The minimum absolute atomic E-state index is 0.0196. The van der Waals surface area contributed by atoms with E-state index in [-0.39, 0.29) is 11.9 Å². The van der Waals surface area contributed by atoms with Crippen LogP contribution in [0.3, 0.4) is 0 Å². The van der Waals surface area contributed by atoms with Gasteiger partial charge in [0, 0.05) is 36.7 Å². The van der Waals surface area contributed by atoms with Gasteiger partial charge in [0.1, 0.15) is 0 Å². The molecule has 1 saturated heterocycles. The topological polar surface area (TPSA) is 23.6 Å². The summed E-state index contributed by atoms with van der Waals surface area (Å²) in [5, 5.41) is 0.997. The molecule has 0 spiro atoms. The summed E-state index contributed by atoms with van der Waals surface area (Å²) in [4.78, 5) is 17.8. The number of hydrogen-bond acceptors (Lipinski definition) is 2. The molecule has 136 valence electrons. The van der Waals surface area contributed by atoms with Crippen LogP contribution in [0.1, 0.15) is 28.8 Å². The van der Waals surface area contributed by atoms with Gasteiger partial charge in [0.15, 0.2) is 0 Å². The third-order valence-corrected chi connectivity index (χ3v) is 5.88. The summed E-state index contributed by atoms with van der Waals surface area (Å²) in [6.07, 6.45) is 3.42. The molecule has 1 aliphatic heterocycles. The highest BCUT2D eigenvalue weighted by Gasteiger charge is 2.37. The number of rotatable bonds is 4. The van der Waals surface area contributed by atoms with E-state index in [1.54, 1.807) is 18.2 Å². The van der Waals surface area contributed by atoms with Crippen molar-refractivity contribution in [3.8, 4) is 0 Å². The molecule has 0 aromatic heterocycles. The highest BCUT2D eigenvalue weighted by Crippen LogP contribution is 2.31. The van der Waals surface area contributed by atoms with Crippen LogP contribution in [0.4, 0.5) is 0 Å². The lowest BCUT2D eigenvalue weighted by molar-refractivity contribution is 0.0437. The van der Waals surface area contributed by atoms with Gasteiger partial charge in [-0.1, -0.05) is 53.5 Å². The molecule has 3 nitrogen and oxygen atoms in total. The van der Waals surface area contributed by atoms with Gasteiger partial charge in [-0.3, -0.25) is 9.69 Å². The van der Waals surface area contributed by atoms with Gasteiger partial charge in [0.25, 0.3) is 5.91 Å². The van der Waals surface area contributed by atoms with E-state index in [1.165, 1.54) is 18.4 Å². The Hall–Kier alpha value is -1.55. The Morgan fingerprint density at radius 2 is 1.81 bits per heavy atom. The molecule has 1 amide bonds. The highest BCUT2D eigenvalue weighted by atomic mass is 35.5.